The molecule has 3 rings (SSSR count). The molecule has 1 aromatic carbocycles. The largest absolute Gasteiger partial charge is 0.507 e. The van der Waals surface area contributed by atoms with Crippen LogP contribution in [0.25, 0.3) is 11.0 Å². The van der Waals surface area contributed by atoms with E-state index in [1.165, 1.54) is 12.3 Å². The summed E-state index contributed by atoms with van der Waals surface area (Å²) in [7, 11) is 0. The number of benzene rings is 1. The summed E-state index contributed by atoms with van der Waals surface area (Å²) in [6, 6.07) is 8.50. The molecule has 0 aliphatic heterocycles. The van der Waals surface area contributed by atoms with Crippen LogP contribution in [0.4, 0.5) is 0 Å². The highest BCUT2D eigenvalue weighted by Gasteiger charge is 2.17. The van der Waals surface area contributed by atoms with Crippen molar-refractivity contribution in [1.29, 1.82) is 0 Å². The van der Waals surface area contributed by atoms with Crippen LogP contribution < -0.4 is 0 Å². The van der Waals surface area contributed by atoms with E-state index in [1.807, 2.05) is 25.5 Å². The number of phenols is 1. The Kier molecular flexibility index (Phi) is 3.41. The molecule has 0 bridgehead atoms. The third kappa shape index (κ3) is 2.24. The number of hydrogen-bond donors (Lipinski definition) is 1. The van der Waals surface area contributed by atoms with Gasteiger partial charge in [-0.25, -0.2) is 9.67 Å². The van der Waals surface area contributed by atoms with Crippen molar-refractivity contribution >= 4 is 16.8 Å². The molecule has 0 aliphatic carbocycles. The number of hydrogen-bond acceptors (Lipinski definition) is 4. The predicted molar refractivity (Wildman–Crippen MR) is 84.2 cm³/mol. The number of carbonyl (C=O) groups is 1. The van der Waals surface area contributed by atoms with E-state index in [2.05, 4.69) is 10.1 Å². The summed E-state index contributed by atoms with van der Waals surface area (Å²) in [5.74, 6) is -0.272. The molecule has 112 valence electrons. The van der Waals surface area contributed by atoms with E-state index in [0.717, 1.165) is 16.7 Å². The Bertz CT molecular complexity index is 865. The van der Waals surface area contributed by atoms with Crippen LogP contribution >= 0.6 is 0 Å². The smallest absolute Gasteiger partial charge is 0.198 e. The van der Waals surface area contributed by atoms with E-state index >= 15 is 0 Å². The zero-order valence-electron chi connectivity index (χ0n) is 12.7. The van der Waals surface area contributed by atoms with E-state index < -0.39 is 0 Å². The van der Waals surface area contributed by atoms with E-state index in [4.69, 9.17) is 0 Å². The van der Waals surface area contributed by atoms with Gasteiger partial charge in [0, 0.05) is 23.2 Å². The average molecular weight is 295 g/mol. The number of rotatable bonds is 3. The predicted octanol–water partition coefficient (Wildman–Crippen LogP) is 3.26. The maximum absolute atomic E-state index is 12.5. The lowest BCUT2D eigenvalue weighted by atomic mass is 10.0. The van der Waals surface area contributed by atoms with Gasteiger partial charge < -0.3 is 5.11 Å². The van der Waals surface area contributed by atoms with Crippen LogP contribution in [0.2, 0.25) is 0 Å². The molecule has 1 N–H and O–H groups in total. The number of phenolic OH excluding ortho intramolecular Hbond substituents is 1. The minimum Gasteiger partial charge on any atom is -0.507 e. The molecule has 0 spiro atoms. The minimum atomic E-state index is -0.246. The molecule has 22 heavy (non-hydrogen) atoms. The van der Waals surface area contributed by atoms with E-state index in [-0.39, 0.29) is 23.1 Å². The molecule has 5 heteroatoms. The lowest BCUT2D eigenvalue weighted by Crippen LogP contribution is -2.05. The lowest BCUT2D eigenvalue weighted by molar-refractivity contribution is 0.103. The first kappa shape index (κ1) is 14.3. The van der Waals surface area contributed by atoms with Gasteiger partial charge >= 0.3 is 0 Å². The zero-order valence-corrected chi connectivity index (χ0v) is 12.7. The summed E-state index contributed by atoms with van der Waals surface area (Å²) in [5.41, 5.74) is 2.32. The summed E-state index contributed by atoms with van der Waals surface area (Å²) >= 11 is 0. The topological polar surface area (TPSA) is 68.0 Å². The minimum absolute atomic E-state index is 0.0257. The first-order chi connectivity index (χ1) is 10.5. The number of para-hydroxylation sites is 1. The zero-order chi connectivity index (χ0) is 15.9. The third-order valence-electron chi connectivity index (χ3n) is 3.63. The van der Waals surface area contributed by atoms with E-state index in [9.17, 15) is 9.90 Å². The Morgan fingerprint density at radius 2 is 2.00 bits per heavy atom. The van der Waals surface area contributed by atoms with Gasteiger partial charge in [0.25, 0.3) is 0 Å². The molecular weight excluding hydrogens is 278 g/mol. The van der Waals surface area contributed by atoms with E-state index in [1.54, 1.807) is 24.3 Å². The second-order valence-electron chi connectivity index (χ2n) is 5.57. The Hall–Kier alpha value is -2.69. The maximum Gasteiger partial charge on any atom is 0.198 e. The van der Waals surface area contributed by atoms with Gasteiger partial charge in [-0.2, -0.15) is 5.10 Å². The maximum atomic E-state index is 12.5. The fourth-order valence-electron chi connectivity index (χ4n) is 2.47. The number of aromatic nitrogens is 3. The number of nitrogens with zero attached hydrogens (tertiary/aromatic N) is 3. The van der Waals surface area contributed by atoms with Gasteiger partial charge in [0.05, 0.1) is 11.3 Å². The number of fused-ring (bicyclic) bond motifs is 1. The molecule has 0 atom stereocenters. The van der Waals surface area contributed by atoms with Crippen molar-refractivity contribution in [3.05, 3.63) is 53.3 Å². The van der Waals surface area contributed by atoms with Crippen molar-refractivity contribution in [2.45, 2.75) is 26.8 Å². The van der Waals surface area contributed by atoms with Crippen LogP contribution in [-0.2, 0) is 0 Å². The van der Waals surface area contributed by atoms with Crippen molar-refractivity contribution in [3.63, 3.8) is 0 Å². The third-order valence-corrected chi connectivity index (χ3v) is 3.63. The highest BCUT2D eigenvalue weighted by Crippen LogP contribution is 2.24. The monoisotopic (exact) mass is 295 g/mol. The fourth-order valence-corrected chi connectivity index (χ4v) is 2.47. The van der Waals surface area contributed by atoms with Gasteiger partial charge in [-0.3, -0.25) is 4.79 Å². The van der Waals surface area contributed by atoms with Crippen LogP contribution in [0.15, 0.2) is 36.5 Å². The van der Waals surface area contributed by atoms with Gasteiger partial charge in [-0.15, -0.1) is 0 Å². The molecule has 0 radical (unpaired) electrons. The van der Waals surface area contributed by atoms with Crippen molar-refractivity contribution in [1.82, 2.24) is 14.8 Å². The Balaban J connectivity index is 2.12. The van der Waals surface area contributed by atoms with Gasteiger partial charge in [0.1, 0.15) is 5.75 Å². The lowest BCUT2D eigenvalue weighted by Gasteiger charge is -2.07. The van der Waals surface area contributed by atoms with Crippen molar-refractivity contribution in [2.24, 2.45) is 0 Å². The van der Waals surface area contributed by atoms with Gasteiger partial charge in [0.15, 0.2) is 11.4 Å². The first-order valence-corrected chi connectivity index (χ1v) is 7.16. The molecule has 2 heterocycles. The number of aromatic hydroxyl groups is 1. The molecule has 3 aromatic rings. The highest BCUT2D eigenvalue weighted by atomic mass is 16.3. The number of pyridine rings is 1. The summed E-state index contributed by atoms with van der Waals surface area (Å²) in [6.45, 7) is 5.97. The van der Waals surface area contributed by atoms with Crippen molar-refractivity contribution in [3.8, 4) is 5.75 Å². The molecule has 2 aromatic heterocycles. The van der Waals surface area contributed by atoms with Crippen molar-refractivity contribution in [2.75, 3.05) is 0 Å². The fraction of sp³-hybridized carbons (Fsp3) is 0.235. The van der Waals surface area contributed by atoms with Gasteiger partial charge in [-0.1, -0.05) is 12.1 Å². The van der Waals surface area contributed by atoms with Gasteiger partial charge in [0.2, 0.25) is 0 Å². The SMILES string of the molecule is Cc1nn(C(C)C)c2ncc(C(=O)c3ccccc3O)cc12. The van der Waals surface area contributed by atoms with Crippen molar-refractivity contribution < 1.29 is 9.90 Å². The second-order valence-corrected chi connectivity index (χ2v) is 5.57. The number of carbonyl (C=O) groups excluding carboxylic acids is 1. The summed E-state index contributed by atoms with van der Waals surface area (Å²) in [6.07, 6.45) is 1.54. The molecule has 0 unspecified atom stereocenters. The average Bonchev–Trinajstić information content (AvgIpc) is 2.84. The van der Waals surface area contributed by atoms with Crippen LogP contribution in [0.5, 0.6) is 5.75 Å². The van der Waals surface area contributed by atoms with Crippen LogP contribution in [0.1, 0.15) is 41.5 Å². The molecule has 0 aliphatic rings. The van der Waals surface area contributed by atoms with Crippen LogP contribution in [0, 0.1) is 6.92 Å². The normalized spacial score (nSPS) is 11.3. The summed E-state index contributed by atoms with van der Waals surface area (Å²) in [4.78, 5) is 16.9. The standard InChI is InChI=1S/C17H17N3O2/c1-10(2)20-17-14(11(3)19-20)8-12(9-18-17)16(22)13-6-4-5-7-15(13)21/h4-10,21H,1-3H3. The Morgan fingerprint density at radius 1 is 1.27 bits per heavy atom. The Labute approximate surface area is 128 Å². The Morgan fingerprint density at radius 3 is 2.68 bits per heavy atom. The summed E-state index contributed by atoms with van der Waals surface area (Å²) in [5, 5.41) is 15.2. The molecule has 0 saturated carbocycles. The molecule has 0 amide bonds. The van der Waals surface area contributed by atoms with Crippen LogP contribution in [-0.4, -0.2) is 25.7 Å². The van der Waals surface area contributed by atoms with Crippen LogP contribution in [0.3, 0.4) is 0 Å². The molecular formula is C17H17N3O2. The molecule has 0 saturated heterocycles. The second kappa shape index (κ2) is 5.26. The molecule has 0 fully saturated rings. The highest BCUT2D eigenvalue weighted by molar-refractivity contribution is 6.11. The first-order valence-electron chi connectivity index (χ1n) is 7.16. The number of ketones is 1. The molecule has 5 nitrogen and oxygen atoms in total. The quantitative estimate of drug-likeness (QED) is 0.753. The number of aryl methyl sites for hydroxylation is 1. The summed E-state index contributed by atoms with van der Waals surface area (Å²) < 4.78 is 1.85. The van der Waals surface area contributed by atoms with Gasteiger partial charge in [-0.05, 0) is 39.0 Å². The van der Waals surface area contributed by atoms with E-state index in [0.29, 0.717) is 5.56 Å².